The highest BCUT2D eigenvalue weighted by Gasteiger charge is 2.38. The zero-order chi connectivity index (χ0) is 32.8. The number of rotatable bonds is 6. The third-order valence-electron chi connectivity index (χ3n) is 7.12. The summed E-state index contributed by atoms with van der Waals surface area (Å²) in [5.41, 5.74) is 7.12. The maximum Gasteiger partial charge on any atom is 0.490 e. The van der Waals surface area contributed by atoms with Gasteiger partial charge < -0.3 is 25.4 Å². The van der Waals surface area contributed by atoms with Crippen LogP contribution in [-0.4, -0.2) is 59.2 Å². The van der Waals surface area contributed by atoms with Crippen LogP contribution in [0.25, 0.3) is 16.6 Å². The molecular formula is C33H29ClF3N5O4. The van der Waals surface area contributed by atoms with Crippen molar-refractivity contribution in [2.75, 3.05) is 41.8 Å². The lowest BCUT2D eigenvalue weighted by Gasteiger charge is -2.30. The summed E-state index contributed by atoms with van der Waals surface area (Å²) in [5, 5.41) is 19.8. The number of para-hydroxylation sites is 1. The first-order valence-corrected chi connectivity index (χ1v) is 14.5. The van der Waals surface area contributed by atoms with Crippen molar-refractivity contribution in [1.29, 1.82) is 0 Å². The van der Waals surface area contributed by atoms with E-state index in [0.717, 1.165) is 65.5 Å². The Hall–Kier alpha value is -5.07. The number of carbonyl (C=O) groups is 2. The molecule has 13 heteroatoms. The van der Waals surface area contributed by atoms with Crippen molar-refractivity contribution in [2.24, 2.45) is 0 Å². The van der Waals surface area contributed by atoms with E-state index < -0.39 is 12.1 Å². The van der Waals surface area contributed by atoms with E-state index in [-0.39, 0.29) is 5.91 Å². The Bertz CT molecular complexity index is 1870. The molecule has 1 saturated heterocycles. The molecular weight excluding hydrogens is 623 g/mol. The number of hydrogen-bond acceptors (Lipinski definition) is 6. The van der Waals surface area contributed by atoms with Crippen LogP contribution in [-0.2, 0) is 9.53 Å². The molecule has 0 radical (unpaired) electrons. The number of carboxylic acids is 1. The van der Waals surface area contributed by atoms with Gasteiger partial charge in [0.2, 0.25) is 0 Å². The van der Waals surface area contributed by atoms with Crippen molar-refractivity contribution in [1.82, 2.24) is 9.78 Å². The highest BCUT2D eigenvalue weighted by Crippen LogP contribution is 2.29. The van der Waals surface area contributed by atoms with Crippen LogP contribution < -0.4 is 15.5 Å². The minimum absolute atomic E-state index is 0.168. The number of carbonyl (C=O) groups excluding carboxylic acids is 1. The number of aromatic nitrogens is 2. The molecule has 1 aromatic heterocycles. The van der Waals surface area contributed by atoms with Crippen LogP contribution in [0.15, 0.2) is 91.1 Å². The lowest BCUT2D eigenvalue weighted by Crippen LogP contribution is -2.36. The fourth-order valence-electron chi connectivity index (χ4n) is 4.91. The fourth-order valence-corrected chi connectivity index (χ4v) is 5.09. The van der Waals surface area contributed by atoms with E-state index in [0.29, 0.717) is 10.6 Å². The van der Waals surface area contributed by atoms with Gasteiger partial charge in [-0.05, 0) is 79.2 Å². The number of alkyl halides is 3. The molecule has 4 aromatic carbocycles. The molecule has 9 nitrogen and oxygen atoms in total. The molecule has 1 aliphatic heterocycles. The van der Waals surface area contributed by atoms with Crippen LogP contribution in [0.1, 0.15) is 15.9 Å². The third-order valence-corrected chi connectivity index (χ3v) is 7.45. The van der Waals surface area contributed by atoms with E-state index in [1.165, 1.54) is 5.69 Å². The van der Waals surface area contributed by atoms with Gasteiger partial charge in [-0.15, -0.1) is 0 Å². The first-order valence-electron chi connectivity index (χ1n) is 14.1. The molecule has 1 fully saturated rings. The van der Waals surface area contributed by atoms with Crippen molar-refractivity contribution in [3.05, 3.63) is 107 Å². The molecule has 0 unspecified atom stereocenters. The third kappa shape index (κ3) is 7.76. The molecule has 3 N–H and O–H groups in total. The summed E-state index contributed by atoms with van der Waals surface area (Å²) < 4.78 is 39.0. The minimum Gasteiger partial charge on any atom is -0.475 e. The average molecular weight is 652 g/mol. The predicted octanol–water partition coefficient (Wildman–Crippen LogP) is 7.45. The van der Waals surface area contributed by atoms with E-state index in [2.05, 4.69) is 33.6 Å². The van der Waals surface area contributed by atoms with Crippen LogP contribution >= 0.6 is 11.6 Å². The predicted molar refractivity (Wildman–Crippen MR) is 172 cm³/mol. The van der Waals surface area contributed by atoms with E-state index >= 15 is 0 Å². The maximum atomic E-state index is 13.2. The quantitative estimate of drug-likeness (QED) is 0.175. The molecule has 0 bridgehead atoms. The van der Waals surface area contributed by atoms with Gasteiger partial charge in [-0.1, -0.05) is 29.8 Å². The number of fused-ring (bicyclic) bond motifs is 1. The summed E-state index contributed by atoms with van der Waals surface area (Å²) >= 11 is 6.30. The number of anilines is 4. The molecule has 1 aliphatic rings. The monoisotopic (exact) mass is 651 g/mol. The molecule has 6 rings (SSSR count). The molecule has 0 aliphatic carbocycles. The van der Waals surface area contributed by atoms with Gasteiger partial charge in [-0.3, -0.25) is 4.79 Å². The molecule has 5 aromatic rings. The smallest absolute Gasteiger partial charge is 0.475 e. The van der Waals surface area contributed by atoms with Gasteiger partial charge in [0.05, 0.1) is 41.3 Å². The SMILES string of the molecule is Cc1cc(NC(=O)c2cccc(-n3ncc4cc(Nc5ccccc5Cl)ccc43)c2)ccc1N1CCOCC1.O=C(O)C(F)(F)F. The first kappa shape index (κ1) is 32.3. The number of halogens is 4. The number of ether oxygens (including phenoxy) is 1. The number of benzene rings is 4. The van der Waals surface area contributed by atoms with Crippen LogP contribution in [0.3, 0.4) is 0 Å². The van der Waals surface area contributed by atoms with Gasteiger partial charge in [0.1, 0.15) is 0 Å². The van der Waals surface area contributed by atoms with Crippen molar-refractivity contribution in [3.8, 4) is 5.69 Å². The molecule has 0 spiro atoms. The maximum absolute atomic E-state index is 13.2. The number of morpholine rings is 1. The summed E-state index contributed by atoms with van der Waals surface area (Å²) in [4.78, 5) is 24.4. The van der Waals surface area contributed by atoms with E-state index in [9.17, 15) is 18.0 Å². The highest BCUT2D eigenvalue weighted by atomic mass is 35.5. The molecule has 238 valence electrons. The number of aryl methyl sites for hydroxylation is 1. The second-order valence-corrected chi connectivity index (χ2v) is 10.8. The number of carboxylic acid groups (broad SMARTS) is 1. The van der Waals surface area contributed by atoms with Crippen LogP contribution in [0.4, 0.5) is 35.9 Å². The zero-order valence-electron chi connectivity index (χ0n) is 24.5. The topological polar surface area (TPSA) is 109 Å². The summed E-state index contributed by atoms with van der Waals surface area (Å²) in [5.74, 6) is -2.93. The largest absolute Gasteiger partial charge is 0.490 e. The van der Waals surface area contributed by atoms with Gasteiger partial charge >= 0.3 is 12.1 Å². The molecule has 2 heterocycles. The normalized spacial score (nSPS) is 13.1. The van der Waals surface area contributed by atoms with Gasteiger partial charge in [0.25, 0.3) is 5.91 Å². The Balaban J connectivity index is 0.000000537. The van der Waals surface area contributed by atoms with Crippen LogP contribution in [0.2, 0.25) is 5.02 Å². The molecule has 1 amide bonds. The molecule has 46 heavy (non-hydrogen) atoms. The van der Waals surface area contributed by atoms with Gasteiger partial charge in [0.15, 0.2) is 0 Å². The van der Waals surface area contributed by atoms with E-state index in [4.69, 9.17) is 26.2 Å². The number of aliphatic carboxylic acids is 1. The fraction of sp³-hybridized carbons (Fsp3) is 0.182. The van der Waals surface area contributed by atoms with Crippen molar-refractivity contribution in [3.63, 3.8) is 0 Å². The van der Waals surface area contributed by atoms with Gasteiger partial charge in [-0.2, -0.15) is 18.3 Å². The lowest BCUT2D eigenvalue weighted by atomic mass is 10.1. The standard InChI is InChI=1S/C31H28ClN5O2.C2HF3O2/c1-21-17-24(9-11-29(21)36-13-15-39-16-14-36)35-31(38)22-5-4-6-26(19-22)37-30-12-10-25(18-23(30)20-33-37)34-28-8-3-2-7-27(28)32;3-2(4,5)1(6)7/h2-12,17-20,34H,13-16H2,1H3,(H,35,38);(H,6,7). The number of amides is 1. The summed E-state index contributed by atoms with van der Waals surface area (Å²) in [6, 6.07) is 27.2. The second-order valence-electron chi connectivity index (χ2n) is 10.3. The van der Waals surface area contributed by atoms with Gasteiger partial charge in [-0.25, -0.2) is 9.48 Å². The minimum atomic E-state index is -5.08. The van der Waals surface area contributed by atoms with E-state index in [1.807, 2.05) is 89.7 Å². The lowest BCUT2D eigenvalue weighted by molar-refractivity contribution is -0.192. The average Bonchev–Trinajstić information content (AvgIpc) is 3.46. The summed E-state index contributed by atoms with van der Waals surface area (Å²) in [6.07, 6.45) is -3.27. The second kappa shape index (κ2) is 13.9. The Morgan fingerprint density at radius 2 is 1.65 bits per heavy atom. The van der Waals surface area contributed by atoms with Crippen LogP contribution in [0.5, 0.6) is 0 Å². The number of nitrogens with zero attached hydrogens (tertiary/aromatic N) is 3. The summed E-state index contributed by atoms with van der Waals surface area (Å²) in [6.45, 7) is 5.29. The van der Waals surface area contributed by atoms with Gasteiger partial charge in [0, 0.05) is 41.1 Å². The summed E-state index contributed by atoms with van der Waals surface area (Å²) in [7, 11) is 0. The van der Waals surface area contributed by atoms with E-state index in [1.54, 1.807) is 0 Å². The van der Waals surface area contributed by atoms with Crippen molar-refractivity contribution >= 4 is 57.1 Å². The number of nitrogens with one attached hydrogen (secondary N) is 2. The number of hydrogen-bond donors (Lipinski definition) is 3. The first-order chi connectivity index (χ1) is 22.0. The Kier molecular flexibility index (Phi) is 9.78. The van der Waals surface area contributed by atoms with Crippen molar-refractivity contribution in [2.45, 2.75) is 13.1 Å². The van der Waals surface area contributed by atoms with Crippen LogP contribution in [0, 0.1) is 6.92 Å². The Labute approximate surface area is 267 Å². The zero-order valence-corrected chi connectivity index (χ0v) is 25.3. The molecule has 0 saturated carbocycles. The van der Waals surface area contributed by atoms with Crippen molar-refractivity contribution < 1.29 is 32.6 Å². The molecule has 0 atom stereocenters. The Morgan fingerprint density at radius 3 is 2.35 bits per heavy atom. The highest BCUT2D eigenvalue weighted by molar-refractivity contribution is 6.33. The Morgan fingerprint density at radius 1 is 0.935 bits per heavy atom.